The van der Waals surface area contributed by atoms with Crippen LogP contribution in [0, 0.1) is 6.92 Å². The van der Waals surface area contributed by atoms with Crippen LogP contribution in [0.5, 0.6) is 0 Å². The highest BCUT2D eigenvalue weighted by molar-refractivity contribution is 6.31. The number of carbonyl (C=O) groups excluding carboxylic acids is 3. The van der Waals surface area contributed by atoms with Gasteiger partial charge in [0.2, 0.25) is 5.76 Å². The molecule has 7 heteroatoms. The Morgan fingerprint density at radius 3 is 2.55 bits per heavy atom. The first-order chi connectivity index (χ1) is 13.8. The minimum atomic E-state index is -0.757. The molecule has 150 valence electrons. The second-order valence-electron chi connectivity index (χ2n) is 6.69. The number of hydrogen-bond donors (Lipinski definition) is 1. The zero-order valence-corrected chi connectivity index (χ0v) is 16.8. The molecule has 0 aliphatic heterocycles. The average molecular weight is 414 g/mol. The van der Waals surface area contributed by atoms with Gasteiger partial charge in [0.25, 0.3) is 5.91 Å². The van der Waals surface area contributed by atoms with E-state index in [2.05, 4.69) is 5.32 Å². The van der Waals surface area contributed by atoms with Crippen molar-refractivity contribution in [1.82, 2.24) is 5.32 Å². The lowest BCUT2D eigenvalue weighted by Crippen LogP contribution is -2.43. The number of nitrogens with one attached hydrogen (secondary N) is 1. The van der Waals surface area contributed by atoms with Crippen LogP contribution in [-0.4, -0.2) is 30.3 Å². The van der Waals surface area contributed by atoms with Gasteiger partial charge in [0, 0.05) is 16.0 Å². The third-order valence-corrected chi connectivity index (χ3v) is 4.76. The summed E-state index contributed by atoms with van der Waals surface area (Å²) in [5.74, 6) is -1.49. The van der Waals surface area contributed by atoms with Gasteiger partial charge in [0.05, 0.1) is 6.04 Å². The number of rotatable bonds is 7. The Bertz CT molecular complexity index is 1060. The first kappa shape index (κ1) is 20.6. The molecule has 0 aliphatic rings. The van der Waals surface area contributed by atoms with Gasteiger partial charge in [-0.2, -0.15) is 0 Å². The molecule has 0 spiro atoms. The van der Waals surface area contributed by atoms with E-state index in [1.54, 1.807) is 25.1 Å². The highest BCUT2D eigenvalue weighted by atomic mass is 35.5. The molecular formula is C22H20ClNO5. The van der Waals surface area contributed by atoms with Crippen LogP contribution >= 0.6 is 11.6 Å². The molecule has 1 heterocycles. The van der Waals surface area contributed by atoms with E-state index in [9.17, 15) is 14.4 Å². The molecule has 3 aromatic rings. The highest BCUT2D eigenvalue weighted by Crippen LogP contribution is 2.28. The number of benzene rings is 2. The van der Waals surface area contributed by atoms with Crippen molar-refractivity contribution in [2.75, 3.05) is 6.61 Å². The predicted molar refractivity (Wildman–Crippen MR) is 109 cm³/mol. The van der Waals surface area contributed by atoms with Gasteiger partial charge in [-0.3, -0.25) is 9.59 Å². The summed E-state index contributed by atoms with van der Waals surface area (Å²) in [5.41, 5.74) is 2.00. The maximum atomic E-state index is 12.3. The van der Waals surface area contributed by atoms with Crippen LogP contribution in [0.3, 0.4) is 0 Å². The Kier molecular flexibility index (Phi) is 6.34. The van der Waals surface area contributed by atoms with E-state index >= 15 is 0 Å². The number of Topliss-reactive ketones (excluding diaryl/α,β-unsaturated/α-hetero) is 1. The molecule has 6 nitrogen and oxygen atoms in total. The maximum absolute atomic E-state index is 12.3. The number of fused-ring (bicyclic) bond motifs is 1. The van der Waals surface area contributed by atoms with Gasteiger partial charge in [-0.15, -0.1) is 0 Å². The maximum Gasteiger partial charge on any atom is 0.375 e. The van der Waals surface area contributed by atoms with Gasteiger partial charge in [0.1, 0.15) is 5.58 Å². The smallest absolute Gasteiger partial charge is 0.375 e. The number of halogens is 1. The van der Waals surface area contributed by atoms with Crippen molar-refractivity contribution in [3.63, 3.8) is 0 Å². The third kappa shape index (κ3) is 5.03. The predicted octanol–water partition coefficient (Wildman–Crippen LogP) is 3.87. The second-order valence-corrected chi connectivity index (χ2v) is 7.13. The molecule has 0 fully saturated rings. The van der Waals surface area contributed by atoms with Crippen molar-refractivity contribution in [3.05, 3.63) is 70.4 Å². The molecule has 1 aromatic heterocycles. The Labute approximate surface area is 172 Å². The van der Waals surface area contributed by atoms with Crippen molar-refractivity contribution < 1.29 is 23.5 Å². The molecule has 1 atom stereocenters. The molecular weight excluding hydrogens is 394 g/mol. The lowest BCUT2D eigenvalue weighted by atomic mass is 10.0. The van der Waals surface area contributed by atoms with Gasteiger partial charge >= 0.3 is 5.97 Å². The van der Waals surface area contributed by atoms with Gasteiger partial charge in [0.15, 0.2) is 12.4 Å². The summed E-state index contributed by atoms with van der Waals surface area (Å²) in [4.78, 5) is 36.4. The summed E-state index contributed by atoms with van der Waals surface area (Å²) in [7, 11) is 0. The molecule has 0 radical (unpaired) electrons. The van der Waals surface area contributed by atoms with Gasteiger partial charge in [-0.05, 0) is 44.0 Å². The molecule has 3 rings (SSSR count). The normalized spacial score (nSPS) is 11.8. The van der Waals surface area contributed by atoms with Crippen molar-refractivity contribution in [1.29, 1.82) is 0 Å². The van der Waals surface area contributed by atoms with Gasteiger partial charge < -0.3 is 14.5 Å². The summed E-state index contributed by atoms with van der Waals surface area (Å²) >= 11 is 5.98. The van der Waals surface area contributed by atoms with Crippen LogP contribution in [0.15, 0.2) is 52.9 Å². The fourth-order valence-electron chi connectivity index (χ4n) is 2.97. The summed E-state index contributed by atoms with van der Waals surface area (Å²) in [6.45, 7) is 2.60. The summed E-state index contributed by atoms with van der Waals surface area (Å²) in [5, 5.41) is 3.83. The van der Waals surface area contributed by atoms with Crippen LogP contribution < -0.4 is 5.32 Å². The molecule has 1 amide bonds. The number of hydrogen-bond acceptors (Lipinski definition) is 5. The zero-order valence-electron chi connectivity index (χ0n) is 16.0. The number of amides is 1. The summed E-state index contributed by atoms with van der Waals surface area (Å²) in [6, 6.07) is 13.7. The van der Waals surface area contributed by atoms with Crippen LogP contribution in [0.4, 0.5) is 0 Å². The van der Waals surface area contributed by atoms with E-state index in [1.807, 2.05) is 30.3 Å². The van der Waals surface area contributed by atoms with E-state index in [-0.39, 0.29) is 11.5 Å². The SMILES string of the molecule is CC(=O)[C@H](Cc1ccccc1)NC(=O)COC(=O)c1oc2ccc(Cl)cc2c1C. The Hall–Kier alpha value is -3.12. The average Bonchev–Trinajstić information content (AvgIpc) is 3.02. The minimum Gasteiger partial charge on any atom is -0.450 e. The first-order valence-electron chi connectivity index (χ1n) is 9.04. The van der Waals surface area contributed by atoms with Crippen molar-refractivity contribution in [2.45, 2.75) is 26.3 Å². The Morgan fingerprint density at radius 1 is 1.14 bits per heavy atom. The number of aryl methyl sites for hydroxylation is 1. The summed E-state index contributed by atoms with van der Waals surface area (Å²) < 4.78 is 10.6. The van der Waals surface area contributed by atoms with Crippen LogP contribution in [0.1, 0.15) is 28.6 Å². The van der Waals surface area contributed by atoms with Crippen molar-refractivity contribution in [3.8, 4) is 0 Å². The van der Waals surface area contributed by atoms with Crippen LogP contribution in [0.2, 0.25) is 5.02 Å². The van der Waals surface area contributed by atoms with E-state index < -0.39 is 24.5 Å². The monoisotopic (exact) mass is 413 g/mol. The van der Waals surface area contributed by atoms with E-state index in [0.717, 1.165) is 5.56 Å². The lowest BCUT2D eigenvalue weighted by molar-refractivity contribution is -0.128. The lowest BCUT2D eigenvalue weighted by Gasteiger charge is -2.16. The van der Waals surface area contributed by atoms with E-state index in [4.69, 9.17) is 20.8 Å². The number of ether oxygens (including phenoxy) is 1. The molecule has 0 aliphatic carbocycles. The highest BCUT2D eigenvalue weighted by Gasteiger charge is 2.22. The minimum absolute atomic E-state index is 0.0162. The number of esters is 1. The van der Waals surface area contributed by atoms with E-state index in [1.165, 1.54) is 6.92 Å². The molecule has 1 N–H and O–H groups in total. The molecule has 0 saturated heterocycles. The molecule has 0 saturated carbocycles. The van der Waals surface area contributed by atoms with Crippen molar-refractivity contribution >= 4 is 40.2 Å². The Balaban J connectivity index is 1.61. The van der Waals surface area contributed by atoms with Crippen LogP contribution in [0.25, 0.3) is 11.0 Å². The quantitative estimate of drug-likeness (QED) is 0.594. The summed E-state index contributed by atoms with van der Waals surface area (Å²) in [6.07, 6.45) is 0.360. The molecule has 0 bridgehead atoms. The largest absolute Gasteiger partial charge is 0.450 e. The topological polar surface area (TPSA) is 85.6 Å². The zero-order chi connectivity index (χ0) is 21.0. The second kappa shape index (κ2) is 8.92. The Morgan fingerprint density at radius 2 is 1.86 bits per heavy atom. The van der Waals surface area contributed by atoms with Crippen molar-refractivity contribution in [2.24, 2.45) is 0 Å². The molecule has 0 unspecified atom stereocenters. The third-order valence-electron chi connectivity index (χ3n) is 4.53. The van der Waals surface area contributed by atoms with Gasteiger partial charge in [-0.25, -0.2) is 4.79 Å². The molecule has 29 heavy (non-hydrogen) atoms. The first-order valence-corrected chi connectivity index (χ1v) is 9.42. The number of ketones is 1. The fraction of sp³-hybridized carbons (Fsp3) is 0.227. The molecule has 2 aromatic carbocycles. The number of furan rings is 1. The van der Waals surface area contributed by atoms with E-state index in [0.29, 0.717) is 28.0 Å². The number of carbonyl (C=O) groups is 3. The fourth-order valence-corrected chi connectivity index (χ4v) is 3.14. The van der Waals surface area contributed by atoms with Gasteiger partial charge in [-0.1, -0.05) is 41.9 Å². The standard InChI is InChI=1S/C22H20ClNO5/c1-13-17-11-16(23)8-9-19(17)29-21(13)22(27)28-12-20(26)24-18(14(2)25)10-15-6-4-3-5-7-15/h3-9,11,18H,10,12H2,1-2H3,(H,24,26)/t18-/m0/s1. The van der Waals surface area contributed by atoms with Crippen LogP contribution in [-0.2, 0) is 20.7 Å².